The zero-order valence-corrected chi connectivity index (χ0v) is 7.93. The van der Waals surface area contributed by atoms with E-state index < -0.39 is 8.07 Å². The van der Waals surface area contributed by atoms with Gasteiger partial charge < -0.3 is 0 Å². The lowest BCUT2D eigenvalue weighted by molar-refractivity contribution is 0.924. The molecule has 1 saturated heterocycles. The van der Waals surface area contributed by atoms with Crippen LogP contribution in [-0.2, 0) is 0 Å². The quantitative estimate of drug-likeness (QED) is 0.533. The largest absolute Gasteiger partial charge is 0.101 e. The van der Waals surface area contributed by atoms with E-state index in [4.69, 9.17) is 0 Å². The van der Waals surface area contributed by atoms with Crippen LogP contribution in [0.3, 0.4) is 0 Å². The molecule has 1 heteroatoms. The van der Waals surface area contributed by atoms with Gasteiger partial charge in [-0.25, -0.2) is 0 Å². The molecule has 0 aliphatic carbocycles. The third kappa shape index (κ3) is 1.40. The topological polar surface area (TPSA) is 0 Å². The lowest BCUT2D eigenvalue weighted by atomic mass is 10.5. The summed E-state index contributed by atoms with van der Waals surface area (Å²) in [6.07, 6.45) is 5.91. The lowest BCUT2D eigenvalue weighted by Gasteiger charge is -2.34. The Balaban J connectivity index is 2.59. The maximum atomic E-state index is 2.47. The monoisotopic (exact) mass is 152 g/mol. The predicted molar refractivity (Wildman–Crippen MR) is 49.6 cm³/mol. The van der Waals surface area contributed by atoms with Gasteiger partial charge in [0, 0.05) is 0 Å². The van der Waals surface area contributed by atoms with Crippen LogP contribution in [0.15, 0.2) is 23.6 Å². The summed E-state index contributed by atoms with van der Waals surface area (Å²) in [6, 6.07) is 2.98. The molecular formula is C9H16Si. The molecule has 0 saturated carbocycles. The normalized spacial score (nSPS) is 23.8. The van der Waals surface area contributed by atoms with Crippen molar-refractivity contribution >= 4 is 8.07 Å². The fourth-order valence-corrected chi connectivity index (χ4v) is 4.91. The summed E-state index contributed by atoms with van der Waals surface area (Å²) >= 11 is 0. The first-order valence-corrected chi connectivity index (χ1v) is 6.67. The number of hydrogen-bond acceptors (Lipinski definition) is 0. The van der Waals surface area contributed by atoms with Crippen LogP contribution in [0, 0.1) is 0 Å². The summed E-state index contributed by atoms with van der Waals surface area (Å²) in [5, 5.41) is 0. The fraction of sp³-hybridized carbons (Fsp3) is 0.556. The minimum Gasteiger partial charge on any atom is -0.0952 e. The van der Waals surface area contributed by atoms with Crippen LogP contribution in [0.25, 0.3) is 0 Å². The van der Waals surface area contributed by atoms with Crippen molar-refractivity contribution < 1.29 is 0 Å². The molecule has 1 fully saturated rings. The molecule has 0 aromatic heterocycles. The van der Waals surface area contributed by atoms with Crippen molar-refractivity contribution in [2.45, 2.75) is 32.4 Å². The Morgan fingerprint density at radius 3 is 1.70 bits per heavy atom. The Bertz CT molecular complexity index is 138. The van der Waals surface area contributed by atoms with E-state index in [1.807, 2.05) is 0 Å². The first-order valence-electron chi connectivity index (χ1n) is 4.11. The second kappa shape index (κ2) is 3.20. The highest BCUT2D eigenvalue weighted by molar-refractivity contribution is 6.91. The van der Waals surface area contributed by atoms with Gasteiger partial charge in [0.25, 0.3) is 0 Å². The highest BCUT2D eigenvalue weighted by Crippen LogP contribution is 2.34. The zero-order chi connectivity index (χ0) is 7.45. The summed E-state index contributed by atoms with van der Waals surface area (Å²) < 4.78 is 0. The van der Waals surface area contributed by atoms with Crippen LogP contribution >= 0.6 is 0 Å². The molecule has 0 atom stereocenters. The Morgan fingerprint density at radius 2 is 1.50 bits per heavy atom. The van der Waals surface area contributed by atoms with Gasteiger partial charge in [-0.2, -0.15) is 0 Å². The molecule has 0 spiro atoms. The van der Waals surface area contributed by atoms with Crippen LogP contribution in [0.2, 0.25) is 12.1 Å². The first-order chi connectivity index (χ1) is 4.83. The summed E-state index contributed by atoms with van der Waals surface area (Å²) in [4.78, 5) is 0. The highest BCUT2D eigenvalue weighted by atomic mass is 28.3. The van der Waals surface area contributed by atoms with E-state index in [-0.39, 0.29) is 0 Å². The van der Waals surface area contributed by atoms with Crippen LogP contribution in [-0.4, -0.2) is 8.07 Å². The Kier molecular flexibility index (Phi) is 2.49. The van der Waals surface area contributed by atoms with Crippen LogP contribution < -0.4 is 0 Å². The molecule has 0 aromatic carbocycles. The summed E-state index contributed by atoms with van der Waals surface area (Å²) in [5.74, 6) is 0. The van der Waals surface area contributed by atoms with E-state index in [0.29, 0.717) is 0 Å². The Labute approximate surface area is 64.7 Å². The minimum atomic E-state index is -0.904. The molecule has 0 N–H and O–H groups in total. The second-order valence-corrected chi connectivity index (χ2v) is 7.22. The third-order valence-electron chi connectivity index (χ3n) is 2.28. The van der Waals surface area contributed by atoms with Gasteiger partial charge in [-0.1, -0.05) is 42.1 Å². The van der Waals surface area contributed by atoms with Gasteiger partial charge in [-0.3, -0.25) is 0 Å². The van der Waals surface area contributed by atoms with E-state index in [1.165, 1.54) is 18.5 Å². The van der Waals surface area contributed by atoms with Crippen molar-refractivity contribution in [3.05, 3.63) is 23.6 Å². The SMILES string of the molecule is CC=C[Si]1(C=CC)CCC1. The number of allylic oxidation sites excluding steroid dienone is 2. The van der Waals surface area contributed by atoms with Crippen LogP contribution in [0.1, 0.15) is 20.3 Å². The summed E-state index contributed by atoms with van der Waals surface area (Å²) in [7, 11) is -0.904. The van der Waals surface area contributed by atoms with Crippen molar-refractivity contribution in [3.63, 3.8) is 0 Å². The second-order valence-electron chi connectivity index (χ2n) is 3.09. The maximum absolute atomic E-state index is 2.47. The number of rotatable bonds is 2. The van der Waals surface area contributed by atoms with Crippen molar-refractivity contribution in [1.29, 1.82) is 0 Å². The molecule has 10 heavy (non-hydrogen) atoms. The molecule has 1 rings (SSSR count). The van der Waals surface area contributed by atoms with Gasteiger partial charge in [0.1, 0.15) is 8.07 Å². The van der Waals surface area contributed by atoms with Gasteiger partial charge in [-0.05, 0) is 13.8 Å². The fourth-order valence-electron chi connectivity index (χ4n) is 1.64. The average Bonchev–Trinajstić information content (AvgIpc) is 1.84. The first kappa shape index (κ1) is 7.80. The minimum absolute atomic E-state index is 0.904. The molecule has 1 heterocycles. The van der Waals surface area contributed by atoms with E-state index >= 15 is 0 Å². The van der Waals surface area contributed by atoms with Gasteiger partial charge in [0.2, 0.25) is 0 Å². The van der Waals surface area contributed by atoms with Crippen molar-refractivity contribution in [2.75, 3.05) is 0 Å². The Morgan fingerprint density at radius 1 is 1.00 bits per heavy atom. The highest BCUT2D eigenvalue weighted by Gasteiger charge is 2.33. The zero-order valence-electron chi connectivity index (χ0n) is 6.93. The van der Waals surface area contributed by atoms with Crippen LogP contribution in [0.4, 0.5) is 0 Å². The molecule has 0 radical (unpaired) electrons. The predicted octanol–water partition coefficient (Wildman–Crippen LogP) is 3.07. The maximum Gasteiger partial charge on any atom is 0.101 e. The standard InChI is InChI=1S/C9H16Si/c1-3-6-10(7-4-2)8-5-9-10/h3-4,6-7H,5,8-9H2,1-2H3. The molecule has 0 nitrogen and oxygen atoms in total. The molecule has 0 aromatic rings. The molecule has 0 bridgehead atoms. The van der Waals surface area contributed by atoms with E-state index in [1.54, 1.807) is 0 Å². The van der Waals surface area contributed by atoms with Gasteiger partial charge >= 0.3 is 0 Å². The lowest BCUT2D eigenvalue weighted by Crippen LogP contribution is -2.37. The average molecular weight is 152 g/mol. The number of hydrogen-bond donors (Lipinski definition) is 0. The molecule has 1 aliphatic heterocycles. The van der Waals surface area contributed by atoms with Crippen LogP contribution in [0.5, 0.6) is 0 Å². The summed E-state index contributed by atoms with van der Waals surface area (Å²) in [5.41, 5.74) is 4.94. The van der Waals surface area contributed by atoms with Crippen molar-refractivity contribution in [2.24, 2.45) is 0 Å². The van der Waals surface area contributed by atoms with E-state index in [0.717, 1.165) is 0 Å². The van der Waals surface area contributed by atoms with Crippen molar-refractivity contribution in [1.82, 2.24) is 0 Å². The van der Waals surface area contributed by atoms with E-state index in [2.05, 4.69) is 37.4 Å². The molecule has 1 aliphatic rings. The Hall–Kier alpha value is -0.303. The third-order valence-corrected chi connectivity index (χ3v) is 6.84. The van der Waals surface area contributed by atoms with Gasteiger partial charge in [0.15, 0.2) is 0 Å². The smallest absolute Gasteiger partial charge is 0.0952 e. The van der Waals surface area contributed by atoms with Gasteiger partial charge in [0.05, 0.1) is 0 Å². The molecule has 56 valence electrons. The molecular weight excluding hydrogens is 136 g/mol. The summed E-state index contributed by atoms with van der Waals surface area (Å²) in [6.45, 7) is 4.27. The van der Waals surface area contributed by atoms with Gasteiger partial charge in [-0.15, -0.1) is 0 Å². The molecule has 0 unspecified atom stereocenters. The van der Waals surface area contributed by atoms with Crippen molar-refractivity contribution in [3.8, 4) is 0 Å². The van der Waals surface area contributed by atoms with E-state index in [9.17, 15) is 0 Å². The molecule has 0 amide bonds.